The number of ether oxygens (including phenoxy) is 1. The van der Waals surface area contributed by atoms with Gasteiger partial charge >= 0.3 is 0 Å². The number of carbonyl (C=O) groups excluding carboxylic acids is 1. The molecule has 0 atom stereocenters. The van der Waals surface area contributed by atoms with E-state index in [9.17, 15) is 4.79 Å². The first-order chi connectivity index (χ1) is 12.5. The number of carbonyl (C=O) groups is 1. The molecule has 0 N–H and O–H groups in total. The van der Waals surface area contributed by atoms with E-state index in [0.717, 1.165) is 55.9 Å². The number of likely N-dealkylation sites (tertiary alicyclic amines) is 1. The van der Waals surface area contributed by atoms with Crippen molar-refractivity contribution in [3.63, 3.8) is 0 Å². The Morgan fingerprint density at radius 3 is 2.31 bits per heavy atom. The fourth-order valence-corrected chi connectivity index (χ4v) is 4.19. The Bertz CT molecular complexity index is 616. The van der Waals surface area contributed by atoms with Crippen LogP contribution in [0.4, 0.5) is 0 Å². The maximum atomic E-state index is 12.8. The number of piperidine rings is 1. The number of hydrogen-bond donors (Lipinski definition) is 0. The zero-order valence-corrected chi connectivity index (χ0v) is 16.7. The van der Waals surface area contributed by atoms with Gasteiger partial charge in [0.1, 0.15) is 5.75 Å². The van der Waals surface area contributed by atoms with Gasteiger partial charge in [-0.15, -0.1) is 0 Å². The Kier molecular flexibility index (Phi) is 6.20. The van der Waals surface area contributed by atoms with Crippen LogP contribution in [-0.2, 0) is 0 Å². The van der Waals surface area contributed by atoms with Gasteiger partial charge < -0.3 is 9.64 Å². The highest BCUT2D eigenvalue weighted by molar-refractivity contribution is 5.94. The van der Waals surface area contributed by atoms with Crippen LogP contribution >= 0.6 is 0 Å². The van der Waals surface area contributed by atoms with Gasteiger partial charge in [0.25, 0.3) is 5.91 Å². The predicted molar refractivity (Wildman–Crippen MR) is 105 cm³/mol. The lowest BCUT2D eigenvalue weighted by Gasteiger charge is -2.43. The van der Waals surface area contributed by atoms with E-state index in [1.165, 1.54) is 13.1 Å². The number of methoxy groups -OCH3 is 1. The summed E-state index contributed by atoms with van der Waals surface area (Å²) < 4.78 is 5.36. The first kappa shape index (κ1) is 19.2. The molecule has 1 amide bonds. The van der Waals surface area contributed by atoms with Crippen LogP contribution < -0.4 is 4.74 Å². The smallest absolute Gasteiger partial charge is 0.253 e. The fourth-order valence-electron chi connectivity index (χ4n) is 4.19. The van der Waals surface area contributed by atoms with Gasteiger partial charge in [-0.1, -0.05) is 6.07 Å². The summed E-state index contributed by atoms with van der Waals surface area (Å²) in [5, 5.41) is 0. The molecule has 5 nitrogen and oxygen atoms in total. The Morgan fingerprint density at radius 2 is 1.73 bits per heavy atom. The molecule has 5 heteroatoms. The van der Waals surface area contributed by atoms with E-state index in [0.29, 0.717) is 12.1 Å². The SMILES string of the molecule is COc1cc(C(=O)N2CCC(N3CCN(C(C)C)CC3)CC2)ccc1C. The summed E-state index contributed by atoms with van der Waals surface area (Å²) in [6.07, 6.45) is 2.16. The molecule has 0 radical (unpaired) electrons. The van der Waals surface area contributed by atoms with Crippen molar-refractivity contribution in [2.24, 2.45) is 0 Å². The lowest BCUT2D eigenvalue weighted by Crippen LogP contribution is -2.54. The van der Waals surface area contributed by atoms with Crippen molar-refractivity contribution in [1.82, 2.24) is 14.7 Å². The van der Waals surface area contributed by atoms with Crippen molar-refractivity contribution < 1.29 is 9.53 Å². The fraction of sp³-hybridized carbons (Fsp3) is 0.667. The van der Waals surface area contributed by atoms with E-state index < -0.39 is 0 Å². The summed E-state index contributed by atoms with van der Waals surface area (Å²) in [6.45, 7) is 12.9. The number of rotatable bonds is 4. The molecular weight excluding hydrogens is 326 g/mol. The van der Waals surface area contributed by atoms with E-state index >= 15 is 0 Å². The number of benzene rings is 1. The van der Waals surface area contributed by atoms with Gasteiger partial charge in [-0.3, -0.25) is 14.6 Å². The molecule has 2 saturated heterocycles. The number of amides is 1. The zero-order valence-electron chi connectivity index (χ0n) is 16.7. The molecule has 2 aliphatic heterocycles. The highest BCUT2D eigenvalue weighted by atomic mass is 16.5. The van der Waals surface area contributed by atoms with Crippen molar-refractivity contribution in [3.8, 4) is 5.75 Å². The van der Waals surface area contributed by atoms with Crippen LogP contribution in [0.2, 0.25) is 0 Å². The standard InChI is InChI=1S/C21H33N3O2/c1-16(2)22-11-13-23(14-12-22)19-7-9-24(10-8-19)21(25)18-6-5-17(3)20(15-18)26-4/h5-6,15-16,19H,7-14H2,1-4H3. The van der Waals surface area contributed by atoms with Gasteiger partial charge in [0.15, 0.2) is 0 Å². The lowest BCUT2D eigenvalue weighted by molar-refractivity contribution is 0.0420. The molecule has 0 unspecified atom stereocenters. The van der Waals surface area contributed by atoms with E-state index in [-0.39, 0.29) is 5.91 Å². The minimum atomic E-state index is 0.131. The maximum absolute atomic E-state index is 12.8. The van der Waals surface area contributed by atoms with Crippen molar-refractivity contribution in [3.05, 3.63) is 29.3 Å². The monoisotopic (exact) mass is 359 g/mol. The average molecular weight is 360 g/mol. The van der Waals surface area contributed by atoms with Gasteiger partial charge in [0, 0.05) is 56.9 Å². The molecule has 0 aliphatic carbocycles. The molecule has 144 valence electrons. The molecule has 0 spiro atoms. The number of hydrogen-bond acceptors (Lipinski definition) is 4. The molecule has 1 aromatic carbocycles. The molecule has 3 rings (SSSR count). The lowest BCUT2D eigenvalue weighted by atomic mass is 10.0. The van der Waals surface area contributed by atoms with Gasteiger partial charge in [-0.2, -0.15) is 0 Å². The summed E-state index contributed by atoms with van der Waals surface area (Å²) in [4.78, 5) is 20.0. The molecule has 2 fully saturated rings. The topological polar surface area (TPSA) is 36.0 Å². The van der Waals surface area contributed by atoms with Gasteiger partial charge in [-0.25, -0.2) is 0 Å². The van der Waals surface area contributed by atoms with Crippen LogP contribution in [0.5, 0.6) is 5.75 Å². The molecule has 0 saturated carbocycles. The molecular formula is C21H33N3O2. The van der Waals surface area contributed by atoms with Gasteiger partial charge in [-0.05, 0) is 51.3 Å². The molecule has 0 aromatic heterocycles. The van der Waals surface area contributed by atoms with E-state index in [1.54, 1.807) is 7.11 Å². The molecule has 26 heavy (non-hydrogen) atoms. The molecule has 2 heterocycles. The van der Waals surface area contributed by atoms with Gasteiger partial charge in [0.2, 0.25) is 0 Å². The second kappa shape index (κ2) is 8.40. The Morgan fingerprint density at radius 1 is 1.08 bits per heavy atom. The summed E-state index contributed by atoms with van der Waals surface area (Å²) >= 11 is 0. The van der Waals surface area contributed by atoms with Crippen LogP contribution in [0, 0.1) is 6.92 Å². The van der Waals surface area contributed by atoms with Crippen molar-refractivity contribution in [2.45, 2.75) is 45.7 Å². The second-order valence-electron chi connectivity index (χ2n) is 7.87. The maximum Gasteiger partial charge on any atom is 0.253 e. The minimum Gasteiger partial charge on any atom is -0.496 e. The summed E-state index contributed by atoms with van der Waals surface area (Å²) in [5.41, 5.74) is 1.79. The third kappa shape index (κ3) is 4.21. The Labute approximate surface area is 157 Å². The number of aryl methyl sites for hydroxylation is 1. The summed E-state index contributed by atoms with van der Waals surface area (Å²) in [7, 11) is 1.65. The highest BCUT2D eigenvalue weighted by Gasteiger charge is 2.29. The second-order valence-corrected chi connectivity index (χ2v) is 7.87. The largest absolute Gasteiger partial charge is 0.496 e. The molecule has 0 bridgehead atoms. The molecule has 2 aliphatic rings. The third-order valence-corrected chi connectivity index (χ3v) is 6.00. The summed E-state index contributed by atoms with van der Waals surface area (Å²) in [5.74, 6) is 0.917. The van der Waals surface area contributed by atoms with E-state index in [4.69, 9.17) is 4.74 Å². The zero-order chi connectivity index (χ0) is 18.7. The minimum absolute atomic E-state index is 0.131. The highest BCUT2D eigenvalue weighted by Crippen LogP contribution is 2.23. The third-order valence-electron chi connectivity index (χ3n) is 6.00. The van der Waals surface area contributed by atoms with Crippen LogP contribution in [0.3, 0.4) is 0 Å². The first-order valence-corrected chi connectivity index (χ1v) is 9.91. The predicted octanol–water partition coefficient (Wildman–Crippen LogP) is 2.63. The first-order valence-electron chi connectivity index (χ1n) is 9.91. The molecule has 1 aromatic rings. The Balaban J connectivity index is 1.53. The van der Waals surface area contributed by atoms with E-state index in [2.05, 4.69) is 23.6 Å². The van der Waals surface area contributed by atoms with Crippen LogP contribution in [-0.4, -0.2) is 79.1 Å². The van der Waals surface area contributed by atoms with Crippen molar-refractivity contribution >= 4 is 5.91 Å². The average Bonchev–Trinajstić information content (AvgIpc) is 2.68. The Hall–Kier alpha value is -1.59. The summed E-state index contributed by atoms with van der Waals surface area (Å²) in [6, 6.07) is 7.02. The quantitative estimate of drug-likeness (QED) is 0.828. The van der Waals surface area contributed by atoms with Crippen LogP contribution in [0.25, 0.3) is 0 Å². The number of nitrogens with zero attached hydrogens (tertiary/aromatic N) is 3. The normalized spacial score (nSPS) is 20.6. The van der Waals surface area contributed by atoms with Crippen molar-refractivity contribution in [2.75, 3.05) is 46.4 Å². The van der Waals surface area contributed by atoms with Crippen LogP contribution in [0.1, 0.15) is 42.6 Å². The van der Waals surface area contributed by atoms with Crippen LogP contribution in [0.15, 0.2) is 18.2 Å². The van der Waals surface area contributed by atoms with Gasteiger partial charge in [0.05, 0.1) is 7.11 Å². The van der Waals surface area contributed by atoms with E-state index in [1.807, 2.05) is 30.0 Å². The van der Waals surface area contributed by atoms with Crippen molar-refractivity contribution in [1.29, 1.82) is 0 Å². The number of piperazine rings is 1.